The van der Waals surface area contributed by atoms with Crippen LogP contribution in [0.25, 0.3) is 0 Å². The van der Waals surface area contributed by atoms with E-state index in [9.17, 15) is 0 Å². The molecule has 4 heteroatoms. The SMILES string of the molecule is CCC.N.N=CN(N)Cc1ccccc1. The smallest absolute Gasteiger partial charge is 0.0961 e. The molecule has 86 valence electrons. The summed E-state index contributed by atoms with van der Waals surface area (Å²) in [5, 5.41) is 8.16. The summed E-state index contributed by atoms with van der Waals surface area (Å²) >= 11 is 0. The van der Waals surface area contributed by atoms with Crippen LogP contribution in [-0.2, 0) is 6.54 Å². The zero-order valence-electron chi connectivity index (χ0n) is 9.61. The van der Waals surface area contributed by atoms with Crippen LogP contribution in [0, 0.1) is 5.41 Å². The molecule has 0 heterocycles. The average Bonchev–Trinajstić information content (AvgIpc) is 2.20. The molecule has 15 heavy (non-hydrogen) atoms. The fourth-order valence-electron chi connectivity index (χ4n) is 0.840. The van der Waals surface area contributed by atoms with Crippen molar-refractivity contribution in [2.24, 2.45) is 5.84 Å². The number of nitrogens with one attached hydrogen (secondary N) is 1. The van der Waals surface area contributed by atoms with Crippen molar-refractivity contribution in [1.82, 2.24) is 11.2 Å². The first-order chi connectivity index (χ1) is 6.74. The Balaban J connectivity index is 0. The maximum absolute atomic E-state index is 6.83. The predicted molar refractivity (Wildman–Crippen MR) is 65.9 cm³/mol. The van der Waals surface area contributed by atoms with E-state index in [1.54, 1.807) is 0 Å². The van der Waals surface area contributed by atoms with Crippen LogP contribution in [0.15, 0.2) is 30.3 Å². The molecule has 0 aliphatic rings. The third kappa shape index (κ3) is 8.93. The molecule has 1 aromatic carbocycles. The normalized spacial score (nSPS) is 7.93. The number of hydrogen-bond donors (Lipinski definition) is 3. The van der Waals surface area contributed by atoms with Crippen LogP contribution >= 0.6 is 0 Å². The van der Waals surface area contributed by atoms with Gasteiger partial charge in [-0.15, -0.1) is 0 Å². The molecule has 0 saturated carbocycles. The Morgan fingerprint density at radius 3 is 2.13 bits per heavy atom. The highest BCUT2D eigenvalue weighted by Gasteiger charge is 1.92. The lowest BCUT2D eigenvalue weighted by molar-refractivity contribution is 0.445. The molecule has 0 radical (unpaired) electrons. The zero-order valence-corrected chi connectivity index (χ0v) is 9.61. The maximum Gasteiger partial charge on any atom is 0.0961 e. The first-order valence-corrected chi connectivity index (χ1v) is 4.80. The maximum atomic E-state index is 6.83. The average molecular weight is 210 g/mol. The summed E-state index contributed by atoms with van der Waals surface area (Å²) in [7, 11) is 0. The summed E-state index contributed by atoms with van der Waals surface area (Å²) < 4.78 is 0. The molecule has 0 spiro atoms. The molecule has 6 N–H and O–H groups in total. The first-order valence-electron chi connectivity index (χ1n) is 4.80. The van der Waals surface area contributed by atoms with E-state index in [0.29, 0.717) is 6.54 Å². The number of hydrazine groups is 1. The Morgan fingerprint density at radius 1 is 1.27 bits per heavy atom. The summed E-state index contributed by atoms with van der Waals surface area (Å²) in [5.41, 5.74) is 1.11. The molecule has 1 rings (SSSR count). The summed E-state index contributed by atoms with van der Waals surface area (Å²) in [6.45, 7) is 4.84. The van der Waals surface area contributed by atoms with E-state index in [1.165, 1.54) is 11.4 Å². The largest absolute Gasteiger partial charge is 0.344 e. The molecule has 4 nitrogen and oxygen atoms in total. The van der Waals surface area contributed by atoms with Gasteiger partial charge in [0.15, 0.2) is 0 Å². The van der Waals surface area contributed by atoms with Gasteiger partial charge in [-0.3, -0.25) is 10.4 Å². The second-order valence-corrected chi connectivity index (χ2v) is 2.99. The van der Waals surface area contributed by atoms with Crippen molar-refractivity contribution in [3.05, 3.63) is 35.9 Å². The molecule has 1 aromatic rings. The molecule has 0 aliphatic carbocycles. The minimum Gasteiger partial charge on any atom is -0.344 e. The van der Waals surface area contributed by atoms with Crippen LogP contribution < -0.4 is 12.0 Å². The Morgan fingerprint density at radius 2 is 1.73 bits per heavy atom. The molecule has 0 atom stereocenters. The van der Waals surface area contributed by atoms with Crippen LogP contribution in [0.2, 0.25) is 0 Å². The molecule has 0 saturated heterocycles. The van der Waals surface area contributed by atoms with Gasteiger partial charge in [0.05, 0.1) is 12.9 Å². The number of nitrogens with two attached hydrogens (primary N) is 1. The monoisotopic (exact) mass is 210 g/mol. The number of nitrogens with zero attached hydrogens (tertiary/aromatic N) is 1. The van der Waals surface area contributed by atoms with Gasteiger partial charge in [0.1, 0.15) is 0 Å². The molecule has 0 bridgehead atoms. The Labute approximate surface area is 92.2 Å². The van der Waals surface area contributed by atoms with Crippen molar-refractivity contribution in [1.29, 1.82) is 5.41 Å². The van der Waals surface area contributed by atoms with Gasteiger partial charge in [-0.1, -0.05) is 50.6 Å². The summed E-state index contributed by atoms with van der Waals surface area (Å²) in [4.78, 5) is 0. The van der Waals surface area contributed by atoms with E-state index in [1.807, 2.05) is 30.3 Å². The minimum atomic E-state index is 0. The molecule has 0 aromatic heterocycles. The van der Waals surface area contributed by atoms with Gasteiger partial charge in [0, 0.05) is 0 Å². The van der Waals surface area contributed by atoms with Crippen LogP contribution in [0.5, 0.6) is 0 Å². The number of hydrogen-bond acceptors (Lipinski definition) is 3. The summed E-state index contributed by atoms with van der Waals surface area (Å²) in [6.07, 6.45) is 2.35. The lowest BCUT2D eigenvalue weighted by Gasteiger charge is -2.10. The van der Waals surface area contributed by atoms with Crippen LogP contribution in [-0.4, -0.2) is 11.3 Å². The predicted octanol–water partition coefficient (Wildman–Crippen LogP) is 2.55. The van der Waals surface area contributed by atoms with Gasteiger partial charge in [0.25, 0.3) is 0 Å². The van der Waals surface area contributed by atoms with Gasteiger partial charge in [-0.2, -0.15) is 0 Å². The Bertz CT molecular complexity index is 236. The van der Waals surface area contributed by atoms with E-state index in [-0.39, 0.29) is 6.15 Å². The highest BCUT2D eigenvalue weighted by atomic mass is 15.4. The lowest BCUT2D eigenvalue weighted by Crippen LogP contribution is -2.28. The highest BCUT2D eigenvalue weighted by molar-refractivity contribution is 5.49. The fourth-order valence-corrected chi connectivity index (χ4v) is 0.840. The van der Waals surface area contributed by atoms with E-state index < -0.39 is 0 Å². The quantitative estimate of drug-likeness (QED) is 0.310. The van der Waals surface area contributed by atoms with Crippen molar-refractivity contribution in [3.8, 4) is 0 Å². The second kappa shape index (κ2) is 10.7. The third-order valence-electron chi connectivity index (χ3n) is 1.37. The summed E-state index contributed by atoms with van der Waals surface area (Å²) in [5.74, 6) is 5.40. The lowest BCUT2D eigenvalue weighted by atomic mass is 10.2. The fraction of sp³-hybridized carbons (Fsp3) is 0.364. The van der Waals surface area contributed by atoms with Crippen molar-refractivity contribution >= 4 is 6.34 Å². The molecule has 0 unspecified atom stereocenters. The minimum absolute atomic E-state index is 0. The van der Waals surface area contributed by atoms with E-state index in [0.717, 1.165) is 11.9 Å². The second-order valence-electron chi connectivity index (χ2n) is 2.99. The molecule has 0 aliphatic heterocycles. The van der Waals surface area contributed by atoms with Gasteiger partial charge >= 0.3 is 0 Å². The van der Waals surface area contributed by atoms with Crippen LogP contribution in [0.4, 0.5) is 0 Å². The molecule has 0 fully saturated rings. The highest BCUT2D eigenvalue weighted by Crippen LogP contribution is 1.99. The van der Waals surface area contributed by atoms with Gasteiger partial charge in [-0.25, -0.2) is 5.84 Å². The zero-order chi connectivity index (χ0) is 10.8. The van der Waals surface area contributed by atoms with E-state index >= 15 is 0 Å². The van der Waals surface area contributed by atoms with Crippen molar-refractivity contribution in [2.45, 2.75) is 26.8 Å². The standard InChI is InChI=1S/C8H11N3.C3H8.H3N/c9-7-11(10)6-8-4-2-1-3-5-8;1-3-2;/h1-5,7,9H,6,10H2;3H2,1-2H3;1H3. The number of rotatable bonds is 3. The van der Waals surface area contributed by atoms with Crippen LogP contribution in [0.3, 0.4) is 0 Å². The van der Waals surface area contributed by atoms with Crippen LogP contribution in [0.1, 0.15) is 25.8 Å². The van der Waals surface area contributed by atoms with Crippen molar-refractivity contribution < 1.29 is 0 Å². The Kier molecular flexibility index (Phi) is 11.4. The number of benzene rings is 1. The van der Waals surface area contributed by atoms with Gasteiger partial charge in [0.2, 0.25) is 0 Å². The summed E-state index contributed by atoms with van der Waals surface area (Å²) in [6, 6.07) is 9.81. The van der Waals surface area contributed by atoms with Crippen molar-refractivity contribution in [3.63, 3.8) is 0 Å². The van der Waals surface area contributed by atoms with Gasteiger partial charge in [-0.05, 0) is 5.56 Å². The van der Waals surface area contributed by atoms with E-state index in [4.69, 9.17) is 11.3 Å². The first kappa shape index (κ1) is 16.1. The van der Waals surface area contributed by atoms with E-state index in [2.05, 4.69) is 13.8 Å². The Hall–Kier alpha value is -1.39. The van der Waals surface area contributed by atoms with Gasteiger partial charge < -0.3 is 6.15 Å². The molecular weight excluding hydrogens is 188 g/mol. The molecular formula is C11H22N4. The molecule has 0 amide bonds. The topological polar surface area (TPSA) is 88.1 Å². The van der Waals surface area contributed by atoms with Crippen molar-refractivity contribution in [2.75, 3.05) is 0 Å². The third-order valence-corrected chi connectivity index (χ3v) is 1.37.